The predicted octanol–water partition coefficient (Wildman–Crippen LogP) is 4.99. The number of nitrogens with one attached hydrogen (secondary N) is 1. The third-order valence-corrected chi connectivity index (χ3v) is 6.60. The third-order valence-electron chi connectivity index (χ3n) is 5.73. The molecule has 170 valence electrons. The van der Waals surface area contributed by atoms with Gasteiger partial charge >= 0.3 is 0 Å². The number of rotatable bonds is 6. The Morgan fingerprint density at radius 3 is 2.29 bits per heavy atom. The van der Waals surface area contributed by atoms with Crippen molar-refractivity contribution in [3.63, 3.8) is 0 Å². The Labute approximate surface area is 202 Å². The van der Waals surface area contributed by atoms with Crippen LogP contribution in [0.4, 0.5) is 0 Å². The molecule has 2 aromatic heterocycles. The second kappa shape index (κ2) is 9.89. The van der Waals surface area contributed by atoms with Gasteiger partial charge in [-0.25, -0.2) is 4.68 Å². The Hall–Kier alpha value is -3.97. The second-order valence-electron chi connectivity index (χ2n) is 8.07. The molecule has 0 spiro atoms. The lowest BCUT2D eigenvalue weighted by molar-refractivity contribution is -0.126. The fourth-order valence-corrected chi connectivity index (χ4v) is 4.72. The van der Waals surface area contributed by atoms with Crippen molar-refractivity contribution in [1.82, 2.24) is 20.0 Å². The molecule has 1 fully saturated rings. The summed E-state index contributed by atoms with van der Waals surface area (Å²) in [5.74, 6) is -0.487. The van der Waals surface area contributed by atoms with Crippen molar-refractivity contribution < 1.29 is 9.59 Å². The summed E-state index contributed by atoms with van der Waals surface area (Å²) in [7, 11) is 0. The molecule has 0 atom stereocenters. The minimum absolute atomic E-state index is 0.175. The number of nitrogens with zero attached hydrogens (tertiary/aromatic N) is 3. The van der Waals surface area contributed by atoms with Crippen LogP contribution in [-0.4, -0.2) is 39.6 Å². The molecule has 7 heteroatoms. The van der Waals surface area contributed by atoms with Crippen LogP contribution in [0.2, 0.25) is 0 Å². The number of carbonyl (C=O) groups is 2. The van der Waals surface area contributed by atoms with Crippen molar-refractivity contribution in [2.75, 3.05) is 13.1 Å². The topological polar surface area (TPSA) is 67.2 Å². The van der Waals surface area contributed by atoms with E-state index in [0.29, 0.717) is 18.7 Å². The maximum Gasteiger partial charge on any atom is 0.270 e. The van der Waals surface area contributed by atoms with Crippen molar-refractivity contribution in [2.24, 2.45) is 0 Å². The van der Waals surface area contributed by atoms with Gasteiger partial charge in [-0.2, -0.15) is 5.10 Å². The van der Waals surface area contributed by atoms with Crippen LogP contribution >= 0.6 is 11.3 Å². The van der Waals surface area contributed by atoms with E-state index in [1.165, 1.54) is 0 Å². The fraction of sp³-hybridized carbons (Fsp3) is 0.148. The van der Waals surface area contributed by atoms with Gasteiger partial charge in [-0.15, -0.1) is 11.3 Å². The number of amides is 2. The lowest BCUT2D eigenvalue weighted by atomic mass is 10.1. The molecule has 1 saturated heterocycles. The summed E-state index contributed by atoms with van der Waals surface area (Å²) in [5, 5.41) is 9.69. The fourth-order valence-electron chi connectivity index (χ4n) is 3.99. The van der Waals surface area contributed by atoms with Gasteiger partial charge in [-0.05, 0) is 54.6 Å². The SMILES string of the molecule is O=C(N/C(=C/c1cn(-c2ccccc2)nc1-c1cccs1)C(=O)N1CCCC1)c1ccccc1. The lowest BCUT2D eigenvalue weighted by Gasteiger charge is -2.18. The molecule has 0 bridgehead atoms. The molecule has 0 saturated carbocycles. The first kappa shape index (κ1) is 21.9. The summed E-state index contributed by atoms with van der Waals surface area (Å²) in [5.41, 5.74) is 3.20. The molecular weight excluding hydrogens is 444 g/mol. The van der Waals surface area contributed by atoms with Crippen LogP contribution in [0.5, 0.6) is 0 Å². The van der Waals surface area contributed by atoms with Crippen LogP contribution in [0.25, 0.3) is 22.3 Å². The molecule has 1 aliphatic rings. The lowest BCUT2D eigenvalue weighted by Crippen LogP contribution is -2.36. The summed E-state index contributed by atoms with van der Waals surface area (Å²) in [6.07, 6.45) is 5.59. The van der Waals surface area contributed by atoms with Gasteiger partial charge in [0.2, 0.25) is 0 Å². The van der Waals surface area contributed by atoms with E-state index in [0.717, 1.165) is 34.7 Å². The van der Waals surface area contributed by atoms with E-state index in [2.05, 4.69) is 5.32 Å². The van der Waals surface area contributed by atoms with E-state index in [1.807, 2.05) is 60.1 Å². The molecule has 0 radical (unpaired) electrons. The predicted molar refractivity (Wildman–Crippen MR) is 135 cm³/mol. The summed E-state index contributed by atoms with van der Waals surface area (Å²) >= 11 is 1.58. The Bertz CT molecular complexity index is 1310. The Morgan fingerprint density at radius 1 is 0.912 bits per heavy atom. The first-order valence-electron chi connectivity index (χ1n) is 11.3. The number of likely N-dealkylation sites (tertiary alicyclic amines) is 1. The normalized spacial score (nSPS) is 13.8. The molecule has 2 amide bonds. The number of carbonyl (C=O) groups excluding carboxylic acids is 2. The number of aromatic nitrogens is 2. The molecule has 1 N–H and O–H groups in total. The molecule has 34 heavy (non-hydrogen) atoms. The smallest absolute Gasteiger partial charge is 0.270 e. The number of benzene rings is 2. The van der Waals surface area contributed by atoms with Gasteiger partial charge in [0.1, 0.15) is 11.4 Å². The zero-order valence-corrected chi connectivity index (χ0v) is 19.4. The van der Waals surface area contributed by atoms with Gasteiger partial charge in [0.25, 0.3) is 11.8 Å². The highest BCUT2D eigenvalue weighted by Crippen LogP contribution is 2.29. The summed E-state index contributed by atoms with van der Waals surface area (Å²) in [6, 6.07) is 22.7. The van der Waals surface area contributed by atoms with Gasteiger partial charge in [0, 0.05) is 30.4 Å². The maximum absolute atomic E-state index is 13.4. The first-order chi connectivity index (χ1) is 16.7. The van der Waals surface area contributed by atoms with E-state index in [4.69, 9.17) is 5.10 Å². The highest BCUT2D eigenvalue weighted by molar-refractivity contribution is 7.13. The maximum atomic E-state index is 13.4. The summed E-state index contributed by atoms with van der Waals surface area (Å²) in [4.78, 5) is 29.2. The van der Waals surface area contributed by atoms with Gasteiger partial charge in [0.05, 0.1) is 10.6 Å². The standard InChI is InChI=1S/C27H24N4O2S/c32-26(20-10-3-1-4-11-20)28-23(27(33)30-15-7-8-16-30)18-21-19-31(22-12-5-2-6-13-22)29-25(21)24-14-9-17-34-24/h1-6,9-14,17-19H,7-8,15-16H2,(H,28,32)/b23-18+. The average Bonchev–Trinajstić information content (AvgIpc) is 3.66. The second-order valence-corrected chi connectivity index (χ2v) is 9.02. The number of para-hydroxylation sites is 1. The Morgan fingerprint density at radius 2 is 1.62 bits per heavy atom. The molecule has 0 aliphatic carbocycles. The van der Waals surface area contributed by atoms with Crippen LogP contribution in [0.1, 0.15) is 28.8 Å². The van der Waals surface area contributed by atoms with E-state index in [1.54, 1.807) is 51.3 Å². The van der Waals surface area contributed by atoms with Crippen LogP contribution in [-0.2, 0) is 4.79 Å². The number of thiophene rings is 1. The van der Waals surface area contributed by atoms with Crippen molar-refractivity contribution in [1.29, 1.82) is 0 Å². The molecule has 2 aromatic carbocycles. The van der Waals surface area contributed by atoms with Crippen molar-refractivity contribution in [2.45, 2.75) is 12.8 Å². The highest BCUT2D eigenvalue weighted by atomic mass is 32.1. The Kier molecular flexibility index (Phi) is 6.35. The molecule has 3 heterocycles. The molecular formula is C27H24N4O2S. The van der Waals surface area contributed by atoms with Gasteiger partial charge in [-0.1, -0.05) is 42.5 Å². The van der Waals surface area contributed by atoms with Gasteiger partial charge in [0.15, 0.2) is 0 Å². The van der Waals surface area contributed by atoms with E-state index >= 15 is 0 Å². The average molecular weight is 469 g/mol. The summed E-state index contributed by atoms with van der Waals surface area (Å²) in [6.45, 7) is 1.39. The number of hydrogen-bond donors (Lipinski definition) is 1. The van der Waals surface area contributed by atoms with Gasteiger partial charge in [-0.3, -0.25) is 9.59 Å². The van der Waals surface area contributed by atoms with Crippen molar-refractivity contribution in [3.05, 3.63) is 101 Å². The van der Waals surface area contributed by atoms with Gasteiger partial charge < -0.3 is 10.2 Å². The van der Waals surface area contributed by atoms with Crippen LogP contribution < -0.4 is 5.32 Å². The zero-order valence-electron chi connectivity index (χ0n) is 18.6. The monoisotopic (exact) mass is 468 g/mol. The quantitative estimate of drug-likeness (QED) is 0.405. The van der Waals surface area contributed by atoms with Crippen molar-refractivity contribution in [3.8, 4) is 16.3 Å². The molecule has 0 unspecified atom stereocenters. The van der Waals surface area contributed by atoms with E-state index < -0.39 is 0 Å². The van der Waals surface area contributed by atoms with Crippen LogP contribution in [0.15, 0.2) is 90.1 Å². The minimum atomic E-state index is -0.312. The summed E-state index contributed by atoms with van der Waals surface area (Å²) < 4.78 is 1.80. The van der Waals surface area contributed by atoms with E-state index in [-0.39, 0.29) is 17.5 Å². The first-order valence-corrected chi connectivity index (χ1v) is 12.1. The van der Waals surface area contributed by atoms with Crippen LogP contribution in [0, 0.1) is 0 Å². The highest BCUT2D eigenvalue weighted by Gasteiger charge is 2.24. The van der Waals surface area contributed by atoms with Crippen LogP contribution in [0.3, 0.4) is 0 Å². The molecule has 4 aromatic rings. The van der Waals surface area contributed by atoms with E-state index in [9.17, 15) is 9.59 Å². The largest absolute Gasteiger partial charge is 0.337 e. The molecule has 5 rings (SSSR count). The van der Waals surface area contributed by atoms with Crippen molar-refractivity contribution >= 4 is 29.2 Å². The Balaban J connectivity index is 1.57. The zero-order chi connectivity index (χ0) is 23.3. The molecule has 6 nitrogen and oxygen atoms in total. The minimum Gasteiger partial charge on any atom is -0.337 e. The third kappa shape index (κ3) is 4.70. The molecule has 1 aliphatic heterocycles. The number of hydrogen-bond acceptors (Lipinski definition) is 4.